The van der Waals surface area contributed by atoms with Crippen molar-refractivity contribution < 1.29 is 33.8 Å². The van der Waals surface area contributed by atoms with Gasteiger partial charge in [0.15, 0.2) is 5.69 Å². The summed E-state index contributed by atoms with van der Waals surface area (Å²) in [6.07, 6.45) is 0. The van der Waals surface area contributed by atoms with Gasteiger partial charge in [0.1, 0.15) is 5.75 Å². The molecule has 0 amide bonds. The predicted molar refractivity (Wildman–Crippen MR) is 81.4 cm³/mol. The highest BCUT2D eigenvalue weighted by atomic mass is 16.5. The third-order valence-electron chi connectivity index (χ3n) is 3.48. The van der Waals surface area contributed by atoms with Crippen LogP contribution >= 0.6 is 0 Å². The van der Waals surface area contributed by atoms with E-state index in [-0.39, 0.29) is 23.7 Å². The summed E-state index contributed by atoms with van der Waals surface area (Å²) in [7, 11) is 0.183. The number of carbonyl (C=O) groups is 2. The van der Waals surface area contributed by atoms with Gasteiger partial charge in [-0.3, -0.25) is 0 Å². The number of nitrogens with zero attached hydrogens (tertiary/aromatic N) is 1. The summed E-state index contributed by atoms with van der Waals surface area (Å²) in [4.78, 5) is 26.7. The van der Waals surface area contributed by atoms with Crippen molar-refractivity contribution in [2.45, 2.75) is 6.61 Å². The minimum Gasteiger partial charge on any atom is -0.478 e. The molecule has 2 aromatic rings. The summed E-state index contributed by atoms with van der Waals surface area (Å²) in [6.45, 7) is 0.256. The van der Waals surface area contributed by atoms with E-state index in [4.69, 9.17) is 14.5 Å². The normalized spacial score (nSPS) is 12.7. The largest absolute Gasteiger partial charge is 0.491 e. The lowest BCUT2D eigenvalue weighted by molar-refractivity contribution is 0.0574. The number of ether oxygens (including phenoxy) is 2. The van der Waals surface area contributed by atoms with E-state index >= 15 is 0 Å². The number of fused-ring (bicyclic) bond motifs is 1. The third-order valence-corrected chi connectivity index (χ3v) is 3.48. The number of hydrogen-bond acceptors (Lipinski definition) is 7. The maximum absolute atomic E-state index is 11.7. The number of benzene rings is 1. The van der Waals surface area contributed by atoms with Crippen LogP contribution in [0.25, 0.3) is 0 Å². The summed E-state index contributed by atoms with van der Waals surface area (Å²) < 4.78 is 15.2. The number of carbonyl (C=O) groups excluding carboxylic acids is 1. The van der Waals surface area contributed by atoms with Crippen LogP contribution in [0, 0.1) is 0 Å². The van der Waals surface area contributed by atoms with Crippen LogP contribution in [-0.2, 0) is 16.0 Å². The molecule has 0 saturated heterocycles. The van der Waals surface area contributed by atoms with E-state index in [1.165, 1.54) is 12.1 Å². The van der Waals surface area contributed by atoms with Crippen LogP contribution < -0.4 is 10.2 Å². The van der Waals surface area contributed by atoms with Crippen molar-refractivity contribution in [3.63, 3.8) is 0 Å². The average molecular weight is 329 g/mol. The molecule has 122 valence electrons. The molecular weight excluding hydrogens is 317 g/mol. The maximum atomic E-state index is 11.7. The van der Waals surface area contributed by atoms with Crippen LogP contribution in [-0.4, -0.2) is 41.3 Å². The molecule has 0 aliphatic carbocycles. The molecule has 0 fully saturated rings. The number of hydrogen-bond donors (Lipinski definition) is 2. The molecule has 0 spiro atoms. The molecule has 0 atom stereocenters. The Labute approximate surface area is 136 Å². The van der Waals surface area contributed by atoms with Gasteiger partial charge in [-0.05, 0) is 29.2 Å². The van der Waals surface area contributed by atoms with Gasteiger partial charge in [-0.2, -0.15) is 0 Å². The summed E-state index contributed by atoms with van der Waals surface area (Å²) in [5.41, 5.74) is 0.809. The average Bonchev–Trinajstić information content (AvgIpc) is 2.94. The fourth-order valence-electron chi connectivity index (χ4n) is 2.31. The van der Waals surface area contributed by atoms with E-state index in [1.807, 2.05) is 0 Å². The van der Waals surface area contributed by atoms with Gasteiger partial charge in [0.25, 0.3) is 0 Å². The Balaban J connectivity index is 1.90. The molecule has 1 aliphatic heterocycles. The molecule has 9 heteroatoms. The Morgan fingerprint density at radius 2 is 2.08 bits per heavy atom. The highest BCUT2D eigenvalue weighted by Gasteiger charge is 2.27. The number of rotatable bonds is 4. The highest BCUT2D eigenvalue weighted by molar-refractivity contribution is 6.61. The quantitative estimate of drug-likeness (QED) is 0.618. The van der Waals surface area contributed by atoms with Gasteiger partial charge in [-0.1, -0.05) is 6.07 Å². The molecule has 0 saturated carbocycles. The number of pyridine rings is 1. The van der Waals surface area contributed by atoms with Gasteiger partial charge in [0, 0.05) is 6.07 Å². The molecule has 1 aromatic heterocycles. The van der Waals surface area contributed by atoms with Crippen LogP contribution in [0.1, 0.15) is 26.4 Å². The second-order valence-corrected chi connectivity index (χ2v) is 4.97. The maximum Gasteiger partial charge on any atom is 0.491 e. The third kappa shape index (κ3) is 2.94. The monoisotopic (exact) mass is 329 g/mol. The molecule has 8 nitrogen and oxygen atoms in total. The van der Waals surface area contributed by atoms with E-state index in [2.05, 4.69) is 9.72 Å². The molecule has 0 unspecified atom stereocenters. The van der Waals surface area contributed by atoms with Crippen LogP contribution in [0.15, 0.2) is 30.3 Å². The van der Waals surface area contributed by atoms with Crippen molar-refractivity contribution >= 4 is 24.5 Å². The van der Waals surface area contributed by atoms with Crippen LogP contribution in [0.3, 0.4) is 0 Å². The Kier molecular flexibility index (Phi) is 4.19. The zero-order chi connectivity index (χ0) is 17.3. The number of aromatic carboxylic acids is 1. The first kappa shape index (κ1) is 16.0. The molecule has 1 aromatic carbocycles. The number of carboxylic acid groups (broad SMARTS) is 1. The standard InChI is InChI=1S/C15H12BNO7/c1-22-15(20)13-10(14(18)19)3-5-12(17-13)24-9-2-4-11-8(6-9)7-23-16(11)21/h2-6,21H,7H2,1H3,(H,18,19). The Hall–Kier alpha value is -2.91. The van der Waals surface area contributed by atoms with Gasteiger partial charge in [-0.15, -0.1) is 0 Å². The molecular formula is C15H12BNO7. The first-order chi connectivity index (χ1) is 11.5. The van der Waals surface area contributed by atoms with Crippen molar-refractivity contribution in [1.29, 1.82) is 0 Å². The lowest BCUT2D eigenvalue weighted by atomic mass is 9.80. The van der Waals surface area contributed by atoms with E-state index in [1.54, 1.807) is 18.2 Å². The second-order valence-electron chi connectivity index (χ2n) is 4.97. The summed E-state index contributed by atoms with van der Waals surface area (Å²) >= 11 is 0. The van der Waals surface area contributed by atoms with E-state index in [0.29, 0.717) is 11.2 Å². The number of carboxylic acids is 1. The minimum absolute atomic E-state index is 0.0415. The summed E-state index contributed by atoms with van der Waals surface area (Å²) in [5.74, 6) is -1.71. The summed E-state index contributed by atoms with van der Waals surface area (Å²) in [6, 6.07) is 7.51. The first-order valence-electron chi connectivity index (χ1n) is 6.92. The Bertz CT molecular complexity index is 823. The number of esters is 1. The van der Waals surface area contributed by atoms with Crippen LogP contribution in [0.5, 0.6) is 11.6 Å². The van der Waals surface area contributed by atoms with Crippen molar-refractivity contribution in [1.82, 2.24) is 4.98 Å². The summed E-state index contributed by atoms with van der Waals surface area (Å²) in [5, 5.41) is 18.7. The zero-order valence-electron chi connectivity index (χ0n) is 12.6. The first-order valence-corrected chi connectivity index (χ1v) is 6.92. The molecule has 0 bridgehead atoms. The molecule has 1 aliphatic rings. The fraction of sp³-hybridized carbons (Fsp3) is 0.133. The van der Waals surface area contributed by atoms with E-state index in [0.717, 1.165) is 12.7 Å². The predicted octanol–water partition coefficient (Wildman–Crippen LogP) is 0.576. The molecule has 0 radical (unpaired) electrons. The number of aromatic nitrogens is 1. The van der Waals surface area contributed by atoms with Crippen molar-refractivity contribution in [2.75, 3.05) is 7.11 Å². The fourth-order valence-corrected chi connectivity index (χ4v) is 2.31. The van der Waals surface area contributed by atoms with Gasteiger partial charge in [0.05, 0.1) is 19.3 Å². The van der Waals surface area contributed by atoms with Crippen molar-refractivity contribution in [3.8, 4) is 11.6 Å². The van der Waals surface area contributed by atoms with E-state index < -0.39 is 19.1 Å². The zero-order valence-corrected chi connectivity index (χ0v) is 12.6. The van der Waals surface area contributed by atoms with Crippen LogP contribution in [0.4, 0.5) is 0 Å². The van der Waals surface area contributed by atoms with Gasteiger partial charge in [0.2, 0.25) is 5.88 Å². The highest BCUT2D eigenvalue weighted by Crippen LogP contribution is 2.24. The Morgan fingerprint density at radius 1 is 1.29 bits per heavy atom. The second kappa shape index (κ2) is 6.30. The van der Waals surface area contributed by atoms with E-state index in [9.17, 15) is 14.6 Å². The lowest BCUT2D eigenvalue weighted by Crippen LogP contribution is -2.27. The molecule has 2 N–H and O–H groups in total. The SMILES string of the molecule is COC(=O)c1nc(Oc2ccc3c(c2)COB3O)ccc1C(=O)O. The van der Waals surface area contributed by atoms with Crippen molar-refractivity contribution in [3.05, 3.63) is 47.2 Å². The van der Waals surface area contributed by atoms with Crippen molar-refractivity contribution in [2.24, 2.45) is 0 Å². The Morgan fingerprint density at radius 3 is 2.79 bits per heavy atom. The van der Waals surface area contributed by atoms with Gasteiger partial charge < -0.3 is 24.3 Å². The lowest BCUT2D eigenvalue weighted by Gasteiger charge is -2.09. The van der Waals surface area contributed by atoms with Crippen LogP contribution in [0.2, 0.25) is 0 Å². The molecule has 3 rings (SSSR count). The topological polar surface area (TPSA) is 115 Å². The number of methoxy groups -OCH3 is 1. The van der Waals surface area contributed by atoms with Gasteiger partial charge in [-0.25, -0.2) is 14.6 Å². The molecule has 2 heterocycles. The molecule has 24 heavy (non-hydrogen) atoms. The smallest absolute Gasteiger partial charge is 0.478 e. The van der Waals surface area contributed by atoms with Gasteiger partial charge >= 0.3 is 19.1 Å². The minimum atomic E-state index is -1.29.